The van der Waals surface area contributed by atoms with Crippen LogP contribution in [0, 0.1) is 5.92 Å². The zero-order valence-corrected chi connectivity index (χ0v) is 11.1. The van der Waals surface area contributed by atoms with Crippen molar-refractivity contribution in [2.75, 3.05) is 7.05 Å². The summed E-state index contributed by atoms with van der Waals surface area (Å²) in [5, 5.41) is 2.60. The number of rotatable bonds is 9. The highest BCUT2D eigenvalue weighted by Crippen LogP contribution is 2.13. The number of hydrogen-bond donors (Lipinski definition) is 1. The van der Waals surface area contributed by atoms with Gasteiger partial charge >= 0.3 is 0 Å². The quantitative estimate of drug-likeness (QED) is 0.608. The van der Waals surface area contributed by atoms with Gasteiger partial charge in [-0.2, -0.15) is 0 Å². The lowest BCUT2D eigenvalue weighted by molar-refractivity contribution is -0.119. The molecule has 0 rings (SSSR count). The largest absolute Gasteiger partial charge is 0.359 e. The van der Waals surface area contributed by atoms with Gasteiger partial charge in [0.15, 0.2) is 0 Å². The van der Waals surface area contributed by atoms with E-state index in [4.69, 9.17) is 0 Å². The van der Waals surface area contributed by atoms with Crippen LogP contribution in [-0.4, -0.2) is 13.0 Å². The Bertz CT molecular complexity index is 266. The topological polar surface area (TPSA) is 29.1 Å². The molecule has 17 heavy (non-hydrogen) atoms. The highest BCUT2D eigenvalue weighted by atomic mass is 16.1. The fraction of sp³-hybridized carbons (Fsp3) is 0.533. The maximum atomic E-state index is 11.0. The maximum absolute atomic E-state index is 11.0. The molecule has 0 radical (unpaired) electrons. The van der Waals surface area contributed by atoms with E-state index in [1.54, 1.807) is 7.05 Å². The molecule has 0 aromatic heterocycles. The Labute approximate surface area is 105 Å². The molecule has 0 saturated heterocycles. The maximum Gasteiger partial charge on any atom is 0.223 e. The third kappa shape index (κ3) is 9.61. The molecule has 0 spiro atoms. The van der Waals surface area contributed by atoms with Crippen LogP contribution in [0.3, 0.4) is 0 Å². The van der Waals surface area contributed by atoms with Crippen LogP contribution in [0.5, 0.6) is 0 Å². The summed E-state index contributed by atoms with van der Waals surface area (Å²) < 4.78 is 0. The smallest absolute Gasteiger partial charge is 0.223 e. The second-order valence-corrected chi connectivity index (χ2v) is 4.04. The van der Waals surface area contributed by atoms with Gasteiger partial charge in [0.2, 0.25) is 5.91 Å². The van der Waals surface area contributed by atoms with Gasteiger partial charge in [-0.05, 0) is 31.6 Å². The molecule has 2 nitrogen and oxygen atoms in total. The second kappa shape index (κ2) is 11.2. The Balaban J connectivity index is 3.77. The third-order valence-electron chi connectivity index (χ3n) is 2.63. The predicted molar refractivity (Wildman–Crippen MR) is 74.8 cm³/mol. The Hall–Kier alpha value is -1.31. The molecular formula is C15H25NO. The Morgan fingerprint density at radius 2 is 2.06 bits per heavy atom. The molecule has 1 atom stereocenters. The molecular weight excluding hydrogens is 210 g/mol. The fourth-order valence-corrected chi connectivity index (χ4v) is 1.49. The molecule has 0 aliphatic heterocycles. The van der Waals surface area contributed by atoms with Crippen molar-refractivity contribution in [3.8, 4) is 0 Å². The lowest BCUT2D eigenvalue weighted by Crippen LogP contribution is -2.15. The monoisotopic (exact) mass is 235 g/mol. The molecule has 0 aliphatic carbocycles. The van der Waals surface area contributed by atoms with Gasteiger partial charge in [0.1, 0.15) is 0 Å². The van der Waals surface area contributed by atoms with Gasteiger partial charge in [-0.3, -0.25) is 4.79 Å². The molecule has 0 aromatic rings. The first-order valence-electron chi connectivity index (χ1n) is 6.37. The van der Waals surface area contributed by atoms with Gasteiger partial charge in [0, 0.05) is 13.5 Å². The van der Waals surface area contributed by atoms with Crippen LogP contribution >= 0.6 is 0 Å². The first-order chi connectivity index (χ1) is 8.24. The molecule has 0 aliphatic rings. The lowest BCUT2D eigenvalue weighted by Gasteiger charge is -2.07. The van der Waals surface area contributed by atoms with Crippen molar-refractivity contribution < 1.29 is 4.79 Å². The summed E-state index contributed by atoms with van der Waals surface area (Å²) in [6.45, 7) is 5.99. The van der Waals surface area contributed by atoms with E-state index in [2.05, 4.69) is 37.0 Å². The van der Waals surface area contributed by atoms with Crippen LogP contribution in [0.15, 0.2) is 37.0 Å². The molecule has 0 heterocycles. The van der Waals surface area contributed by atoms with Crippen LogP contribution in [0.1, 0.15) is 39.0 Å². The van der Waals surface area contributed by atoms with Crippen LogP contribution in [-0.2, 0) is 4.79 Å². The van der Waals surface area contributed by atoms with Gasteiger partial charge < -0.3 is 5.32 Å². The van der Waals surface area contributed by atoms with E-state index in [-0.39, 0.29) is 5.91 Å². The predicted octanol–water partition coefficient (Wildman–Crippen LogP) is 3.62. The molecule has 0 fully saturated rings. The zero-order valence-electron chi connectivity index (χ0n) is 11.1. The summed E-state index contributed by atoms with van der Waals surface area (Å²) >= 11 is 0. The van der Waals surface area contributed by atoms with Crippen molar-refractivity contribution in [3.05, 3.63) is 37.0 Å². The van der Waals surface area contributed by atoms with Crippen molar-refractivity contribution in [2.24, 2.45) is 5.92 Å². The summed E-state index contributed by atoms with van der Waals surface area (Å²) in [5.41, 5.74) is 0. The SMILES string of the molecule is C=CC(C/C=C/CC(=O)NC)CC/C=C\CC. The summed E-state index contributed by atoms with van der Waals surface area (Å²) in [4.78, 5) is 11.0. The first-order valence-corrected chi connectivity index (χ1v) is 6.37. The average molecular weight is 235 g/mol. The van der Waals surface area contributed by atoms with E-state index in [0.717, 1.165) is 25.7 Å². The van der Waals surface area contributed by atoms with Crippen molar-refractivity contribution in [1.29, 1.82) is 0 Å². The number of carbonyl (C=O) groups excluding carboxylic acids is 1. The van der Waals surface area contributed by atoms with Gasteiger partial charge in [-0.1, -0.05) is 37.3 Å². The molecule has 2 heteroatoms. The van der Waals surface area contributed by atoms with Crippen LogP contribution in [0.2, 0.25) is 0 Å². The minimum absolute atomic E-state index is 0.0577. The van der Waals surface area contributed by atoms with Crippen molar-refractivity contribution >= 4 is 5.91 Å². The molecule has 0 saturated carbocycles. The normalized spacial score (nSPS) is 13.1. The number of allylic oxidation sites excluding steroid dienone is 4. The van der Waals surface area contributed by atoms with Crippen molar-refractivity contribution in [2.45, 2.75) is 39.0 Å². The summed E-state index contributed by atoms with van der Waals surface area (Å²) in [6, 6.07) is 0. The summed E-state index contributed by atoms with van der Waals surface area (Å²) in [7, 11) is 1.66. The third-order valence-corrected chi connectivity index (χ3v) is 2.63. The van der Waals surface area contributed by atoms with Crippen molar-refractivity contribution in [3.63, 3.8) is 0 Å². The highest BCUT2D eigenvalue weighted by Gasteiger charge is 2.00. The Kier molecular flexibility index (Phi) is 10.3. The van der Waals surface area contributed by atoms with Crippen LogP contribution < -0.4 is 5.32 Å². The zero-order chi connectivity index (χ0) is 12.9. The van der Waals surface area contributed by atoms with E-state index in [1.165, 1.54) is 0 Å². The minimum atomic E-state index is 0.0577. The lowest BCUT2D eigenvalue weighted by atomic mass is 9.99. The number of hydrogen-bond acceptors (Lipinski definition) is 1. The standard InChI is InChI=1S/C15H25NO/c1-4-6-7-8-11-14(5-2)12-9-10-13-15(17)16-3/h5-7,9-10,14H,2,4,8,11-13H2,1,3H3,(H,16,17)/b7-6-,10-9+. The second-order valence-electron chi connectivity index (χ2n) is 4.04. The van der Waals surface area contributed by atoms with E-state index < -0.39 is 0 Å². The highest BCUT2D eigenvalue weighted by molar-refractivity contribution is 5.76. The first kappa shape index (κ1) is 15.7. The van der Waals surface area contributed by atoms with Gasteiger partial charge in [0.05, 0.1) is 0 Å². The van der Waals surface area contributed by atoms with E-state index >= 15 is 0 Å². The molecule has 0 aromatic carbocycles. The van der Waals surface area contributed by atoms with Gasteiger partial charge in [-0.15, -0.1) is 6.58 Å². The van der Waals surface area contributed by atoms with E-state index in [0.29, 0.717) is 12.3 Å². The molecule has 1 N–H and O–H groups in total. The Morgan fingerprint density at radius 3 is 2.65 bits per heavy atom. The summed E-state index contributed by atoms with van der Waals surface area (Å²) in [5.74, 6) is 0.569. The van der Waals surface area contributed by atoms with Crippen LogP contribution in [0.25, 0.3) is 0 Å². The molecule has 96 valence electrons. The van der Waals surface area contributed by atoms with Gasteiger partial charge in [-0.25, -0.2) is 0 Å². The van der Waals surface area contributed by atoms with Crippen molar-refractivity contribution in [1.82, 2.24) is 5.32 Å². The van der Waals surface area contributed by atoms with E-state index in [1.807, 2.05) is 12.2 Å². The van der Waals surface area contributed by atoms with E-state index in [9.17, 15) is 4.79 Å². The van der Waals surface area contributed by atoms with Gasteiger partial charge in [0.25, 0.3) is 0 Å². The van der Waals surface area contributed by atoms with Crippen LogP contribution in [0.4, 0.5) is 0 Å². The Morgan fingerprint density at radius 1 is 1.29 bits per heavy atom. The fourth-order valence-electron chi connectivity index (χ4n) is 1.49. The molecule has 0 bridgehead atoms. The number of carbonyl (C=O) groups is 1. The molecule has 1 amide bonds. The minimum Gasteiger partial charge on any atom is -0.359 e. The molecule has 1 unspecified atom stereocenters. The summed E-state index contributed by atoms with van der Waals surface area (Å²) in [6.07, 6.45) is 15.2. The number of nitrogens with one attached hydrogen (secondary N) is 1. The number of amides is 1. The average Bonchev–Trinajstić information content (AvgIpc) is 2.36.